The molecule has 2 rings (SSSR count). The molecule has 0 heterocycles. The summed E-state index contributed by atoms with van der Waals surface area (Å²) in [6.07, 6.45) is 0. The van der Waals surface area contributed by atoms with Gasteiger partial charge in [0.2, 0.25) is 0 Å². The van der Waals surface area contributed by atoms with Crippen molar-refractivity contribution in [1.29, 1.82) is 0 Å². The van der Waals surface area contributed by atoms with E-state index in [1.807, 2.05) is 31.2 Å². The second-order valence-corrected chi connectivity index (χ2v) is 5.74. The Balaban J connectivity index is 1.94. The zero-order valence-corrected chi connectivity index (χ0v) is 13.9. The molecule has 2 N–H and O–H groups in total. The zero-order chi connectivity index (χ0) is 15.2. The van der Waals surface area contributed by atoms with Crippen molar-refractivity contribution in [2.24, 2.45) is 0 Å². The normalized spacial score (nSPS) is 12.1. The Morgan fingerprint density at radius 2 is 1.90 bits per heavy atom. The van der Waals surface area contributed by atoms with Crippen molar-refractivity contribution in [3.63, 3.8) is 0 Å². The van der Waals surface area contributed by atoms with Crippen LogP contribution in [0.4, 0.5) is 0 Å². The number of hydrogen-bond acceptors (Lipinski definition) is 3. The Morgan fingerprint density at radius 1 is 1.19 bits per heavy atom. The van der Waals surface area contributed by atoms with Gasteiger partial charge in [-0.3, -0.25) is 0 Å². The predicted molar refractivity (Wildman–Crippen MR) is 88.7 cm³/mol. The fourth-order valence-corrected chi connectivity index (χ4v) is 2.49. The number of aromatic hydroxyl groups is 1. The quantitative estimate of drug-likeness (QED) is 0.811. The van der Waals surface area contributed by atoms with Gasteiger partial charge in [0, 0.05) is 12.6 Å². The summed E-state index contributed by atoms with van der Waals surface area (Å²) in [5, 5.41) is 13.0. The third kappa shape index (κ3) is 4.48. The number of benzene rings is 2. The van der Waals surface area contributed by atoms with Gasteiger partial charge in [-0.1, -0.05) is 18.2 Å². The standard InChI is InChI=1S/C17H20BrNO2/c1-3-21-15-7-5-14(6-8-15)12(2)19-11-13-4-9-17(20)16(18)10-13/h4-10,12,19-20H,3,11H2,1-2H3. The monoisotopic (exact) mass is 349 g/mol. The molecule has 4 heteroatoms. The van der Waals surface area contributed by atoms with E-state index in [-0.39, 0.29) is 11.8 Å². The van der Waals surface area contributed by atoms with Crippen LogP contribution in [0.1, 0.15) is 31.0 Å². The minimum absolute atomic E-state index is 0.244. The van der Waals surface area contributed by atoms with Gasteiger partial charge in [0.25, 0.3) is 0 Å². The summed E-state index contributed by atoms with van der Waals surface area (Å²) in [6.45, 7) is 5.54. The molecule has 21 heavy (non-hydrogen) atoms. The van der Waals surface area contributed by atoms with Gasteiger partial charge in [0.1, 0.15) is 11.5 Å². The summed E-state index contributed by atoms with van der Waals surface area (Å²) in [4.78, 5) is 0. The molecule has 0 saturated carbocycles. The maximum absolute atomic E-state index is 9.49. The van der Waals surface area contributed by atoms with Crippen molar-refractivity contribution in [2.75, 3.05) is 6.61 Å². The van der Waals surface area contributed by atoms with Crippen LogP contribution in [0.25, 0.3) is 0 Å². The van der Waals surface area contributed by atoms with Gasteiger partial charge in [-0.05, 0) is 65.2 Å². The molecule has 0 aliphatic rings. The zero-order valence-electron chi connectivity index (χ0n) is 12.3. The van der Waals surface area contributed by atoms with E-state index in [2.05, 4.69) is 40.3 Å². The summed E-state index contributed by atoms with van der Waals surface area (Å²) < 4.78 is 6.16. The second-order valence-electron chi connectivity index (χ2n) is 4.89. The molecule has 0 aromatic heterocycles. The Hall–Kier alpha value is -1.52. The highest BCUT2D eigenvalue weighted by atomic mass is 79.9. The van der Waals surface area contributed by atoms with Crippen LogP contribution in [0.5, 0.6) is 11.5 Å². The van der Waals surface area contributed by atoms with Gasteiger partial charge in [-0.15, -0.1) is 0 Å². The first kappa shape index (κ1) is 15.9. The summed E-state index contributed by atoms with van der Waals surface area (Å²) in [5.41, 5.74) is 2.34. The third-order valence-corrected chi connectivity index (χ3v) is 3.95. The van der Waals surface area contributed by atoms with E-state index in [0.717, 1.165) is 22.3 Å². The largest absolute Gasteiger partial charge is 0.507 e. The minimum atomic E-state index is 0.244. The van der Waals surface area contributed by atoms with Crippen LogP contribution in [-0.4, -0.2) is 11.7 Å². The number of rotatable bonds is 6. The highest BCUT2D eigenvalue weighted by Crippen LogP contribution is 2.24. The second kappa shape index (κ2) is 7.48. The molecule has 0 fully saturated rings. The van der Waals surface area contributed by atoms with Crippen LogP contribution in [0.15, 0.2) is 46.9 Å². The number of halogens is 1. The molecule has 0 amide bonds. The Morgan fingerprint density at radius 3 is 2.52 bits per heavy atom. The van der Waals surface area contributed by atoms with Crippen molar-refractivity contribution in [1.82, 2.24) is 5.32 Å². The lowest BCUT2D eigenvalue weighted by Gasteiger charge is -2.15. The third-order valence-electron chi connectivity index (χ3n) is 3.32. The fourth-order valence-electron chi connectivity index (χ4n) is 2.07. The molecule has 2 aromatic carbocycles. The molecule has 1 atom stereocenters. The average molecular weight is 350 g/mol. The maximum Gasteiger partial charge on any atom is 0.129 e. The summed E-state index contributed by atoms with van der Waals surface area (Å²) >= 11 is 3.33. The van der Waals surface area contributed by atoms with E-state index >= 15 is 0 Å². The number of nitrogens with one attached hydrogen (secondary N) is 1. The van der Waals surface area contributed by atoms with Crippen LogP contribution in [-0.2, 0) is 6.54 Å². The fraction of sp³-hybridized carbons (Fsp3) is 0.294. The summed E-state index contributed by atoms with van der Waals surface area (Å²) in [7, 11) is 0. The van der Waals surface area contributed by atoms with E-state index < -0.39 is 0 Å². The lowest BCUT2D eigenvalue weighted by atomic mass is 10.1. The first-order chi connectivity index (χ1) is 10.1. The van der Waals surface area contributed by atoms with E-state index in [1.165, 1.54) is 5.56 Å². The van der Waals surface area contributed by atoms with Gasteiger partial charge in [0.15, 0.2) is 0 Å². The molecule has 0 radical (unpaired) electrons. The summed E-state index contributed by atoms with van der Waals surface area (Å²) in [5.74, 6) is 1.16. The lowest BCUT2D eigenvalue weighted by Crippen LogP contribution is -2.18. The van der Waals surface area contributed by atoms with Gasteiger partial charge >= 0.3 is 0 Å². The Bertz CT molecular complexity index is 584. The van der Waals surface area contributed by atoms with E-state index in [4.69, 9.17) is 4.74 Å². The molecule has 3 nitrogen and oxygen atoms in total. The van der Waals surface area contributed by atoms with Crippen molar-refractivity contribution in [3.8, 4) is 11.5 Å². The molecule has 2 aromatic rings. The topological polar surface area (TPSA) is 41.5 Å². The molecule has 112 valence electrons. The average Bonchev–Trinajstić information content (AvgIpc) is 2.49. The summed E-state index contributed by atoms with van der Waals surface area (Å²) in [6, 6.07) is 13.9. The van der Waals surface area contributed by atoms with Gasteiger partial charge < -0.3 is 15.2 Å². The predicted octanol–water partition coefficient (Wildman–Crippen LogP) is 4.40. The number of hydrogen-bond donors (Lipinski definition) is 2. The highest BCUT2D eigenvalue weighted by Gasteiger charge is 2.06. The van der Waals surface area contributed by atoms with Crippen LogP contribution in [0.3, 0.4) is 0 Å². The van der Waals surface area contributed by atoms with Crippen molar-refractivity contribution >= 4 is 15.9 Å². The highest BCUT2D eigenvalue weighted by molar-refractivity contribution is 9.10. The van der Waals surface area contributed by atoms with Crippen LogP contribution in [0, 0.1) is 0 Å². The van der Waals surface area contributed by atoms with E-state index in [9.17, 15) is 5.11 Å². The number of ether oxygens (including phenoxy) is 1. The van der Waals surface area contributed by atoms with Gasteiger partial charge in [0.05, 0.1) is 11.1 Å². The molecule has 0 aliphatic carbocycles. The van der Waals surface area contributed by atoms with E-state index in [1.54, 1.807) is 6.07 Å². The molecule has 1 unspecified atom stereocenters. The lowest BCUT2D eigenvalue weighted by molar-refractivity contribution is 0.340. The van der Waals surface area contributed by atoms with Crippen LogP contribution < -0.4 is 10.1 Å². The minimum Gasteiger partial charge on any atom is -0.507 e. The van der Waals surface area contributed by atoms with E-state index in [0.29, 0.717) is 6.61 Å². The smallest absolute Gasteiger partial charge is 0.129 e. The molecule has 0 bridgehead atoms. The molecular formula is C17H20BrNO2. The Labute approximate surface area is 134 Å². The van der Waals surface area contributed by atoms with Gasteiger partial charge in [-0.25, -0.2) is 0 Å². The molecule has 0 aliphatic heterocycles. The number of phenolic OH excluding ortho intramolecular Hbond substituents is 1. The van der Waals surface area contributed by atoms with Crippen molar-refractivity contribution in [2.45, 2.75) is 26.4 Å². The molecular weight excluding hydrogens is 330 g/mol. The van der Waals surface area contributed by atoms with Crippen LogP contribution in [0.2, 0.25) is 0 Å². The first-order valence-corrected chi connectivity index (χ1v) is 7.83. The molecule has 0 spiro atoms. The maximum atomic E-state index is 9.49. The van der Waals surface area contributed by atoms with Crippen molar-refractivity contribution in [3.05, 3.63) is 58.1 Å². The number of phenols is 1. The SMILES string of the molecule is CCOc1ccc(C(C)NCc2ccc(O)c(Br)c2)cc1. The van der Waals surface area contributed by atoms with Gasteiger partial charge in [-0.2, -0.15) is 0 Å². The first-order valence-electron chi connectivity index (χ1n) is 7.03. The Kier molecular flexibility index (Phi) is 5.65. The van der Waals surface area contributed by atoms with Crippen molar-refractivity contribution < 1.29 is 9.84 Å². The van der Waals surface area contributed by atoms with Crippen LogP contribution >= 0.6 is 15.9 Å². The molecule has 0 saturated heterocycles.